The number of carboxylic acids is 1. The minimum absolute atomic E-state index is 0.293. The molecule has 0 fully saturated rings. The third-order valence-electron chi connectivity index (χ3n) is 6.03. The highest BCUT2D eigenvalue weighted by Crippen LogP contribution is 2.35. The predicted octanol–water partition coefficient (Wildman–Crippen LogP) is 5.38. The van der Waals surface area contributed by atoms with Gasteiger partial charge in [0, 0.05) is 37.2 Å². The summed E-state index contributed by atoms with van der Waals surface area (Å²) in [4.78, 5) is 24.6. The molecule has 33 heavy (non-hydrogen) atoms. The predicted molar refractivity (Wildman–Crippen MR) is 123 cm³/mol. The number of unbranched alkanes of at least 4 members (excludes halogenated alkanes) is 1. The molecule has 0 saturated carbocycles. The molecule has 1 aliphatic heterocycles. The number of anilines is 1. The van der Waals surface area contributed by atoms with E-state index in [9.17, 15) is 18.7 Å². The van der Waals surface area contributed by atoms with Crippen LogP contribution in [-0.4, -0.2) is 38.5 Å². The first-order chi connectivity index (χ1) is 15.9. The fraction of sp³-hybridized carbons (Fsp3) is 0.440. The number of nitrogens with zero attached hydrogens (tertiary/aromatic N) is 3. The molecule has 1 atom stereocenters. The van der Waals surface area contributed by atoms with Gasteiger partial charge in [-0.3, -0.25) is 9.78 Å². The average molecular weight is 455 g/mol. The summed E-state index contributed by atoms with van der Waals surface area (Å²) in [5.41, 5.74) is 3.62. The summed E-state index contributed by atoms with van der Waals surface area (Å²) in [6, 6.07) is 11.2. The first-order valence-corrected chi connectivity index (χ1v) is 11.4. The summed E-state index contributed by atoms with van der Waals surface area (Å²) in [5, 5.41) is 12.6. The average Bonchev–Trinajstić information content (AvgIpc) is 2.80. The maximum absolute atomic E-state index is 14.8. The quantitative estimate of drug-likeness (QED) is 0.400. The second-order valence-corrected chi connectivity index (χ2v) is 8.69. The van der Waals surface area contributed by atoms with Crippen LogP contribution in [0.3, 0.4) is 0 Å². The van der Waals surface area contributed by atoms with Gasteiger partial charge in [0.05, 0.1) is 23.1 Å². The number of halogens is 2. The van der Waals surface area contributed by atoms with Gasteiger partial charge in [-0.05, 0) is 55.9 Å². The van der Waals surface area contributed by atoms with Crippen LogP contribution in [0.1, 0.15) is 61.4 Å². The summed E-state index contributed by atoms with van der Waals surface area (Å²) in [5.74, 6) is -4.10. The largest absolute Gasteiger partial charge is 0.481 e. The number of carboxylic acid groups (broad SMARTS) is 1. The van der Waals surface area contributed by atoms with Crippen molar-refractivity contribution in [3.05, 3.63) is 59.5 Å². The lowest BCUT2D eigenvalue weighted by molar-refractivity contribution is -0.138. The van der Waals surface area contributed by atoms with E-state index in [1.165, 1.54) is 11.8 Å². The summed E-state index contributed by atoms with van der Waals surface area (Å²) in [6.07, 6.45) is 3.83. The fourth-order valence-electron chi connectivity index (χ4n) is 4.32. The summed E-state index contributed by atoms with van der Waals surface area (Å²) in [7, 11) is 0. The molecule has 0 radical (unpaired) electrons. The number of benzene rings is 1. The van der Waals surface area contributed by atoms with Gasteiger partial charge in [0.15, 0.2) is 0 Å². The van der Waals surface area contributed by atoms with Gasteiger partial charge in [-0.25, -0.2) is 18.7 Å². The zero-order chi connectivity index (χ0) is 23.3. The molecule has 2 N–H and O–H groups in total. The number of fused-ring (bicyclic) bond motifs is 2. The Morgan fingerprint density at radius 1 is 1.12 bits per heavy atom. The lowest BCUT2D eigenvalue weighted by Gasteiger charge is -2.22. The maximum Gasteiger partial charge on any atom is 0.304 e. The van der Waals surface area contributed by atoms with Crippen LogP contribution < -0.4 is 5.32 Å². The highest BCUT2D eigenvalue weighted by molar-refractivity contribution is 5.74. The molecule has 0 spiro atoms. The standard InChI is InChI=1S/C25H28F2N4O2/c26-25(27,12-4-3-7-19-11-10-17-6-5-13-28-24(17)30-19)15-18(14-23(32)33)22-16-29-20-8-1-2-9-21(20)31-22/h1-2,8-11,16,18H,3-7,12-15H2,(H,28,30)(H,32,33). The van der Waals surface area contributed by atoms with Crippen LogP contribution in [0, 0.1) is 0 Å². The van der Waals surface area contributed by atoms with Gasteiger partial charge in [-0.2, -0.15) is 0 Å². The first kappa shape index (κ1) is 23.0. The van der Waals surface area contributed by atoms with Crippen molar-refractivity contribution in [1.29, 1.82) is 0 Å². The number of pyridine rings is 1. The van der Waals surface area contributed by atoms with Gasteiger partial charge >= 0.3 is 5.97 Å². The lowest BCUT2D eigenvalue weighted by atomic mass is 9.91. The van der Waals surface area contributed by atoms with E-state index in [0.29, 0.717) is 36.0 Å². The van der Waals surface area contributed by atoms with E-state index in [2.05, 4.69) is 26.3 Å². The number of nitrogens with one attached hydrogen (secondary N) is 1. The topological polar surface area (TPSA) is 88.0 Å². The van der Waals surface area contributed by atoms with Gasteiger partial charge in [0.1, 0.15) is 5.82 Å². The van der Waals surface area contributed by atoms with Gasteiger partial charge in [0.25, 0.3) is 0 Å². The van der Waals surface area contributed by atoms with Gasteiger partial charge in [-0.1, -0.05) is 18.2 Å². The van der Waals surface area contributed by atoms with Crippen molar-refractivity contribution in [3.8, 4) is 0 Å². The number of aromatic nitrogens is 3. The third-order valence-corrected chi connectivity index (χ3v) is 6.03. The molecule has 4 rings (SSSR count). The van der Waals surface area contributed by atoms with Crippen LogP contribution in [0.25, 0.3) is 11.0 Å². The molecule has 3 heterocycles. The Kier molecular flexibility index (Phi) is 7.11. The number of hydrogen-bond acceptors (Lipinski definition) is 5. The third kappa shape index (κ3) is 6.21. The maximum atomic E-state index is 14.8. The van der Waals surface area contributed by atoms with Crippen LogP contribution in [0.15, 0.2) is 42.6 Å². The van der Waals surface area contributed by atoms with Crippen LogP contribution in [0.2, 0.25) is 0 Å². The first-order valence-electron chi connectivity index (χ1n) is 11.4. The minimum atomic E-state index is -2.99. The normalized spacial score (nSPS) is 14.5. The van der Waals surface area contributed by atoms with Gasteiger partial charge < -0.3 is 10.4 Å². The van der Waals surface area contributed by atoms with Crippen molar-refractivity contribution >= 4 is 22.8 Å². The number of aryl methyl sites for hydroxylation is 2. The highest BCUT2D eigenvalue weighted by Gasteiger charge is 2.34. The molecule has 1 unspecified atom stereocenters. The fourth-order valence-corrected chi connectivity index (χ4v) is 4.32. The Morgan fingerprint density at radius 2 is 1.94 bits per heavy atom. The Balaban J connectivity index is 1.35. The number of carbonyl (C=O) groups is 1. The van der Waals surface area contributed by atoms with Crippen molar-refractivity contribution in [1.82, 2.24) is 15.0 Å². The van der Waals surface area contributed by atoms with E-state index in [4.69, 9.17) is 0 Å². The van der Waals surface area contributed by atoms with Crippen molar-refractivity contribution in [2.24, 2.45) is 0 Å². The van der Waals surface area contributed by atoms with E-state index in [1.807, 2.05) is 12.1 Å². The van der Waals surface area contributed by atoms with E-state index in [-0.39, 0.29) is 6.42 Å². The van der Waals surface area contributed by atoms with E-state index in [0.717, 1.165) is 30.9 Å². The summed E-state index contributed by atoms with van der Waals surface area (Å²) in [6.45, 7) is 0.911. The number of para-hydroxylation sites is 2. The number of rotatable bonds is 10. The molecule has 0 bridgehead atoms. The number of aliphatic carboxylic acids is 1. The number of alkyl halides is 2. The highest BCUT2D eigenvalue weighted by atomic mass is 19.3. The Hall–Kier alpha value is -3.16. The second kappa shape index (κ2) is 10.2. The molecule has 3 aromatic rings. The molecule has 0 saturated heterocycles. The molecule has 1 aromatic carbocycles. The van der Waals surface area contributed by atoms with Crippen LogP contribution in [0.5, 0.6) is 0 Å². The molecular formula is C25H28F2N4O2. The Labute approximate surface area is 191 Å². The van der Waals surface area contributed by atoms with E-state index >= 15 is 0 Å². The van der Waals surface area contributed by atoms with E-state index in [1.54, 1.807) is 18.2 Å². The number of hydrogen-bond donors (Lipinski definition) is 2. The van der Waals surface area contributed by atoms with Crippen molar-refractivity contribution in [2.75, 3.05) is 11.9 Å². The van der Waals surface area contributed by atoms with Crippen LogP contribution in [-0.2, 0) is 17.6 Å². The second-order valence-electron chi connectivity index (χ2n) is 8.69. The smallest absolute Gasteiger partial charge is 0.304 e. The molecule has 0 amide bonds. The molecular weight excluding hydrogens is 426 g/mol. The zero-order valence-corrected chi connectivity index (χ0v) is 18.4. The lowest BCUT2D eigenvalue weighted by Crippen LogP contribution is -2.22. The summed E-state index contributed by atoms with van der Waals surface area (Å²) < 4.78 is 29.6. The minimum Gasteiger partial charge on any atom is -0.481 e. The molecule has 8 heteroatoms. The molecule has 6 nitrogen and oxygen atoms in total. The van der Waals surface area contributed by atoms with Crippen molar-refractivity contribution < 1.29 is 18.7 Å². The monoisotopic (exact) mass is 454 g/mol. The Bertz CT molecular complexity index is 1120. The molecule has 1 aliphatic rings. The van der Waals surface area contributed by atoms with Crippen molar-refractivity contribution in [2.45, 2.75) is 63.2 Å². The Morgan fingerprint density at radius 3 is 2.76 bits per heavy atom. The van der Waals surface area contributed by atoms with Crippen LogP contribution >= 0.6 is 0 Å². The molecule has 174 valence electrons. The van der Waals surface area contributed by atoms with E-state index < -0.39 is 30.7 Å². The summed E-state index contributed by atoms with van der Waals surface area (Å²) >= 11 is 0. The van der Waals surface area contributed by atoms with Crippen LogP contribution in [0.4, 0.5) is 14.6 Å². The molecule has 0 aliphatic carbocycles. The SMILES string of the molecule is O=C(O)CC(CC(F)(F)CCCCc1ccc2c(n1)NCCC2)c1cnc2ccccc2n1. The molecule has 2 aromatic heterocycles. The van der Waals surface area contributed by atoms with Crippen molar-refractivity contribution in [3.63, 3.8) is 0 Å². The zero-order valence-electron chi connectivity index (χ0n) is 18.4. The van der Waals surface area contributed by atoms with Gasteiger partial charge in [-0.15, -0.1) is 0 Å². The van der Waals surface area contributed by atoms with Gasteiger partial charge in [0.2, 0.25) is 5.92 Å².